The molecule has 1 amide bonds. The predicted octanol–water partition coefficient (Wildman–Crippen LogP) is 1.67. The largest absolute Gasteiger partial charge is 0.496 e. The zero-order chi connectivity index (χ0) is 13.7. The molecule has 1 aliphatic rings. The molecular formula is C15H22N2O2. The lowest BCUT2D eigenvalue weighted by Crippen LogP contribution is -2.41. The van der Waals surface area contributed by atoms with Gasteiger partial charge in [-0.3, -0.25) is 4.79 Å². The Balaban J connectivity index is 1.93. The maximum atomic E-state index is 12.2. The van der Waals surface area contributed by atoms with Gasteiger partial charge in [0.1, 0.15) is 5.75 Å². The van der Waals surface area contributed by atoms with Gasteiger partial charge in [-0.15, -0.1) is 0 Å². The van der Waals surface area contributed by atoms with Crippen molar-refractivity contribution >= 4 is 5.91 Å². The van der Waals surface area contributed by atoms with Crippen LogP contribution in [0.25, 0.3) is 0 Å². The second-order valence-corrected chi connectivity index (χ2v) is 5.14. The molecule has 1 aromatic carbocycles. The number of piperidine rings is 1. The monoisotopic (exact) mass is 262 g/mol. The van der Waals surface area contributed by atoms with Gasteiger partial charge in [-0.2, -0.15) is 0 Å². The van der Waals surface area contributed by atoms with Crippen molar-refractivity contribution in [2.75, 3.05) is 26.7 Å². The molecule has 19 heavy (non-hydrogen) atoms. The topological polar surface area (TPSA) is 50.4 Å². The van der Waals surface area contributed by atoms with Crippen LogP contribution in [-0.4, -0.2) is 32.7 Å². The summed E-state index contributed by atoms with van der Waals surface area (Å²) >= 11 is 0. The van der Waals surface area contributed by atoms with Crippen LogP contribution in [0.2, 0.25) is 0 Å². The van der Waals surface area contributed by atoms with Crippen LogP contribution < -0.4 is 15.4 Å². The Morgan fingerprint density at radius 2 is 2.26 bits per heavy atom. The molecule has 0 saturated carbocycles. The molecule has 2 unspecified atom stereocenters. The number of methoxy groups -OCH3 is 1. The molecule has 0 bridgehead atoms. The fourth-order valence-electron chi connectivity index (χ4n) is 2.52. The van der Waals surface area contributed by atoms with Crippen LogP contribution in [0.4, 0.5) is 0 Å². The lowest BCUT2D eigenvalue weighted by Gasteiger charge is -2.29. The molecule has 4 nitrogen and oxygen atoms in total. The first kappa shape index (κ1) is 13.9. The molecule has 0 aliphatic carbocycles. The third-order valence-corrected chi connectivity index (χ3v) is 3.84. The van der Waals surface area contributed by atoms with Gasteiger partial charge in [0.05, 0.1) is 12.7 Å². The van der Waals surface area contributed by atoms with Gasteiger partial charge in [0.2, 0.25) is 0 Å². The van der Waals surface area contributed by atoms with E-state index < -0.39 is 0 Å². The number of benzene rings is 1. The second-order valence-electron chi connectivity index (χ2n) is 5.14. The molecule has 0 aromatic heterocycles. The molecular weight excluding hydrogens is 240 g/mol. The summed E-state index contributed by atoms with van der Waals surface area (Å²) < 4.78 is 5.21. The Hall–Kier alpha value is -1.55. The smallest absolute Gasteiger partial charge is 0.255 e. The van der Waals surface area contributed by atoms with E-state index in [4.69, 9.17) is 4.74 Å². The molecule has 2 N–H and O–H groups in total. The third kappa shape index (κ3) is 3.47. The predicted molar refractivity (Wildman–Crippen MR) is 75.5 cm³/mol. The van der Waals surface area contributed by atoms with Crippen molar-refractivity contribution in [2.45, 2.75) is 13.3 Å². The van der Waals surface area contributed by atoms with Gasteiger partial charge < -0.3 is 15.4 Å². The highest BCUT2D eigenvalue weighted by molar-refractivity contribution is 5.96. The molecule has 1 fully saturated rings. The number of amides is 1. The molecule has 1 heterocycles. The van der Waals surface area contributed by atoms with Gasteiger partial charge in [0.15, 0.2) is 0 Å². The number of rotatable bonds is 4. The summed E-state index contributed by atoms with van der Waals surface area (Å²) in [5, 5.41) is 6.40. The lowest BCUT2D eigenvalue weighted by molar-refractivity contribution is 0.0935. The minimum atomic E-state index is -0.0526. The Bertz CT molecular complexity index is 434. The number of hydrogen-bond donors (Lipinski definition) is 2. The first-order valence-electron chi connectivity index (χ1n) is 6.84. The zero-order valence-corrected chi connectivity index (χ0v) is 11.6. The highest BCUT2D eigenvalue weighted by atomic mass is 16.5. The molecule has 104 valence electrons. The summed E-state index contributed by atoms with van der Waals surface area (Å²) in [6.45, 7) is 5.04. The normalized spacial score (nSPS) is 22.8. The van der Waals surface area contributed by atoms with Crippen molar-refractivity contribution < 1.29 is 9.53 Å². The number of carbonyl (C=O) groups excluding carboxylic acids is 1. The first-order chi connectivity index (χ1) is 9.22. The standard InChI is InChI=1S/C15H22N2O2/c1-11-9-16-8-7-12(11)10-17-15(18)13-5-3-4-6-14(13)19-2/h3-6,11-12,16H,7-10H2,1-2H3,(H,17,18). The molecule has 0 spiro atoms. The average Bonchev–Trinajstić information content (AvgIpc) is 2.46. The molecule has 1 aliphatic heterocycles. The minimum Gasteiger partial charge on any atom is -0.496 e. The Kier molecular flexibility index (Phi) is 4.80. The van der Waals surface area contributed by atoms with Crippen LogP contribution in [0.5, 0.6) is 5.75 Å². The van der Waals surface area contributed by atoms with E-state index in [2.05, 4.69) is 17.6 Å². The van der Waals surface area contributed by atoms with Crippen LogP contribution in [0.3, 0.4) is 0 Å². The summed E-state index contributed by atoms with van der Waals surface area (Å²) in [4.78, 5) is 12.2. The van der Waals surface area contributed by atoms with Gasteiger partial charge >= 0.3 is 0 Å². The summed E-state index contributed by atoms with van der Waals surface area (Å²) in [7, 11) is 1.58. The van der Waals surface area contributed by atoms with Gasteiger partial charge in [-0.1, -0.05) is 19.1 Å². The van der Waals surface area contributed by atoms with Gasteiger partial charge in [0, 0.05) is 6.54 Å². The van der Waals surface area contributed by atoms with E-state index in [0.717, 1.165) is 26.1 Å². The number of para-hydroxylation sites is 1. The molecule has 1 aromatic rings. The lowest BCUT2D eigenvalue weighted by atomic mass is 9.88. The summed E-state index contributed by atoms with van der Waals surface area (Å²) in [5.41, 5.74) is 0.603. The van der Waals surface area contributed by atoms with E-state index in [1.807, 2.05) is 18.2 Å². The Morgan fingerprint density at radius 3 is 3.00 bits per heavy atom. The molecule has 4 heteroatoms. The second kappa shape index (κ2) is 6.57. The van der Waals surface area contributed by atoms with Crippen LogP contribution in [0, 0.1) is 11.8 Å². The summed E-state index contributed by atoms with van der Waals surface area (Å²) in [5.74, 6) is 1.73. The quantitative estimate of drug-likeness (QED) is 0.868. The highest BCUT2D eigenvalue weighted by Crippen LogP contribution is 2.19. The van der Waals surface area contributed by atoms with Crippen molar-refractivity contribution in [3.05, 3.63) is 29.8 Å². The van der Waals surface area contributed by atoms with E-state index >= 15 is 0 Å². The van der Waals surface area contributed by atoms with E-state index in [1.54, 1.807) is 13.2 Å². The highest BCUT2D eigenvalue weighted by Gasteiger charge is 2.22. The maximum Gasteiger partial charge on any atom is 0.255 e. The molecule has 2 atom stereocenters. The SMILES string of the molecule is COc1ccccc1C(=O)NCC1CCNCC1C. The fraction of sp³-hybridized carbons (Fsp3) is 0.533. The van der Waals surface area contributed by atoms with Crippen LogP contribution in [-0.2, 0) is 0 Å². The van der Waals surface area contributed by atoms with Crippen LogP contribution >= 0.6 is 0 Å². The Morgan fingerprint density at radius 1 is 1.47 bits per heavy atom. The van der Waals surface area contributed by atoms with E-state index in [9.17, 15) is 4.79 Å². The number of hydrogen-bond acceptors (Lipinski definition) is 3. The van der Waals surface area contributed by atoms with Crippen LogP contribution in [0.15, 0.2) is 24.3 Å². The maximum absolute atomic E-state index is 12.2. The molecule has 1 saturated heterocycles. The fourth-order valence-corrected chi connectivity index (χ4v) is 2.52. The van der Waals surface area contributed by atoms with Gasteiger partial charge in [-0.05, 0) is 43.5 Å². The number of ether oxygens (including phenoxy) is 1. The minimum absolute atomic E-state index is 0.0526. The average molecular weight is 262 g/mol. The molecule has 2 rings (SSSR count). The van der Waals surface area contributed by atoms with Gasteiger partial charge in [-0.25, -0.2) is 0 Å². The van der Waals surface area contributed by atoms with Crippen molar-refractivity contribution in [2.24, 2.45) is 11.8 Å². The Labute approximate surface area is 114 Å². The summed E-state index contributed by atoms with van der Waals surface area (Å²) in [6.07, 6.45) is 1.12. The summed E-state index contributed by atoms with van der Waals surface area (Å²) in [6, 6.07) is 7.32. The van der Waals surface area contributed by atoms with Crippen molar-refractivity contribution in [3.8, 4) is 5.75 Å². The number of nitrogens with one attached hydrogen (secondary N) is 2. The number of carbonyl (C=O) groups is 1. The van der Waals surface area contributed by atoms with E-state index in [-0.39, 0.29) is 5.91 Å². The first-order valence-corrected chi connectivity index (χ1v) is 6.84. The van der Waals surface area contributed by atoms with E-state index in [0.29, 0.717) is 23.1 Å². The van der Waals surface area contributed by atoms with E-state index in [1.165, 1.54) is 0 Å². The van der Waals surface area contributed by atoms with Gasteiger partial charge in [0.25, 0.3) is 5.91 Å². The zero-order valence-electron chi connectivity index (χ0n) is 11.6. The van der Waals surface area contributed by atoms with Crippen molar-refractivity contribution in [1.82, 2.24) is 10.6 Å². The van der Waals surface area contributed by atoms with Crippen molar-refractivity contribution in [1.29, 1.82) is 0 Å². The third-order valence-electron chi connectivity index (χ3n) is 3.84. The van der Waals surface area contributed by atoms with Crippen molar-refractivity contribution in [3.63, 3.8) is 0 Å². The molecule has 0 radical (unpaired) electrons. The van der Waals surface area contributed by atoms with Crippen LogP contribution in [0.1, 0.15) is 23.7 Å².